The van der Waals surface area contributed by atoms with E-state index in [9.17, 15) is 9.59 Å². The number of rotatable bonds is 3. The molecule has 0 bridgehead atoms. The molecule has 1 aliphatic rings. The maximum Gasteiger partial charge on any atom is 0.440 e. The molecule has 1 heterocycles. The summed E-state index contributed by atoms with van der Waals surface area (Å²) in [4.78, 5) is 26.7. The molecule has 1 fully saturated rings. The van der Waals surface area contributed by atoms with Gasteiger partial charge in [-0.05, 0) is 32.5 Å². The van der Waals surface area contributed by atoms with E-state index in [1.54, 1.807) is 0 Å². The summed E-state index contributed by atoms with van der Waals surface area (Å²) < 4.78 is 9.54. The third-order valence-corrected chi connectivity index (χ3v) is 2.26. The second kappa shape index (κ2) is 6.74. The number of methoxy groups -OCH3 is 1. The van der Waals surface area contributed by atoms with E-state index >= 15 is 0 Å². The van der Waals surface area contributed by atoms with E-state index in [1.165, 1.54) is 7.11 Å². The van der Waals surface area contributed by atoms with Gasteiger partial charge in [0.2, 0.25) is 0 Å². The van der Waals surface area contributed by atoms with Gasteiger partial charge in [-0.3, -0.25) is 0 Å². The molecule has 0 aromatic carbocycles. The molecule has 0 aromatic heterocycles. The first-order valence-corrected chi connectivity index (χ1v) is 5.25. The monoisotopic (exact) mass is 244 g/mol. The van der Waals surface area contributed by atoms with Gasteiger partial charge in [0.15, 0.2) is 5.76 Å². The first-order chi connectivity index (χ1) is 8.13. The Labute approximate surface area is 99.0 Å². The molecule has 0 radical (unpaired) electrons. The lowest BCUT2D eigenvalue weighted by Gasteiger charge is -2.22. The molecule has 0 aromatic rings. The molecule has 7 heteroatoms. The average molecular weight is 244 g/mol. The van der Waals surface area contributed by atoms with Crippen molar-refractivity contribution in [1.29, 1.82) is 0 Å². The molecule has 7 nitrogen and oxygen atoms in total. The zero-order chi connectivity index (χ0) is 12.7. The van der Waals surface area contributed by atoms with E-state index in [4.69, 9.17) is 4.74 Å². The van der Waals surface area contributed by atoms with Gasteiger partial charge in [-0.2, -0.15) is 0 Å². The summed E-state index contributed by atoms with van der Waals surface area (Å²) in [7, 11) is 1.27. The molecule has 0 atom stereocenters. The van der Waals surface area contributed by atoms with E-state index < -0.39 is 12.1 Å². The van der Waals surface area contributed by atoms with Crippen LogP contribution >= 0.6 is 0 Å². The van der Waals surface area contributed by atoms with Crippen LogP contribution in [-0.4, -0.2) is 38.4 Å². The molecule has 1 amide bonds. The Bertz CT molecular complexity index is 299. The van der Waals surface area contributed by atoms with Gasteiger partial charge in [-0.15, -0.1) is 5.48 Å². The number of piperidine rings is 1. The first-order valence-electron chi connectivity index (χ1n) is 5.25. The second-order valence-electron chi connectivity index (χ2n) is 3.47. The molecule has 96 valence electrons. The summed E-state index contributed by atoms with van der Waals surface area (Å²) in [6.45, 7) is 4.88. The fourth-order valence-electron chi connectivity index (χ4n) is 1.32. The molecule has 0 saturated carbocycles. The summed E-state index contributed by atoms with van der Waals surface area (Å²) in [6.07, 6.45) is 0.535. The highest BCUT2D eigenvalue weighted by Crippen LogP contribution is 2.07. The van der Waals surface area contributed by atoms with E-state index in [1.807, 2.05) is 5.48 Å². The van der Waals surface area contributed by atoms with Crippen molar-refractivity contribution in [3.63, 3.8) is 0 Å². The highest BCUT2D eigenvalue weighted by molar-refractivity contribution is 5.86. The molecule has 0 unspecified atom stereocenters. The van der Waals surface area contributed by atoms with E-state index in [0.29, 0.717) is 0 Å². The summed E-state index contributed by atoms with van der Waals surface area (Å²) >= 11 is 0. The third-order valence-electron chi connectivity index (χ3n) is 2.26. The molecule has 0 spiro atoms. The highest BCUT2D eigenvalue weighted by atomic mass is 16.7. The van der Waals surface area contributed by atoms with Crippen LogP contribution in [0.3, 0.4) is 0 Å². The van der Waals surface area contributed by atoms with Crippen LogP contribution in [0.5, 0.6) is 0 Å². The zero-order valence-corrected chi connectivity index (χ0v) is 9.65. The standard InChI is InChI=1S/C10H16N2O5/c1-7(15-2)9(13)17-12-10(14)16-8-3-5-11-6-4-8/h8,11H,1,3-6H2,2H3,(H,12,14). The van der Waals surface area contributed by atoms with E-state index in [-0.39, 0.29) is 11.9 Å². The van der Waals surface area contributed by atoms with Gasteiger partial charge < -0.3 is 19.6 Å². The normalized spacial score (nSPS) is 15.8. The number of carbonyl (C=O) groups excluding carboxylic acids is 2. The minimum absolute atomic E-state index is 0.152. The molecule has 1 aliphatic heterocycles. The molecule has 1 rings (SSSR count). The van der Waals surface area contributed by atoms with Gasteiger partial charge in [0.1, 0.15) is 6.10 Å². The minimum atomic E-state index is -0.866. The quantitative estimate of drug-likeness (QED) is 0.415. The van der Waals surface area contributed by atoms with Crippen LogP contribution in [-0.2, 0) is 19.1 Å². The number of hydrogen-bond acceptors (Lipinski definition) is 6. The van der Waals surface area contributed by atoms with Crippen LogP contribution in [0, 0.1) is 0 Å². The lowest BCUT2D eigenvalue weighted by atomic mass is 10.1. The van der Waals surface area contributed by atoms with Gasteiger partial charge in [-0.25, -0.2) is 9.59 Å². The lowest BCUT2D eigenvalue weighted by Crippen LogP contribution is -2.37. The molecular weight excluding hydrogens is 228 g/mol. The lowest BCUT2D eigenvalue weighted by molar-refractivity contribution is -0.148. The predicted molar refractivity (Wildman–Crippen MR) is 57.7 cm³/mol. The number of nitrogens with one attached hydrogen (secondary N) is 2. The highest BCUT2D eigenvalue weighted by Gasteiger charge is 2.18. The molecule has 1 saturated heterocycles. The summed E-state index contributed by atoms with van der Waals surface area (Å²) in [6, 6.07) is 0. The van der Waals surface area contributed by atoms with Crippen LogP contribution in [0.15, 0.2) is 12.3 Å². The molecule has 2 N–H and O–H groups in total. The van der Waals surface area contributed by atoms with E-state index in [0.717, 1.165) is 25.9 Å². The summed E-state index contributed by atoms with van der Waals surface area (Å²) in [5.41, 5.74) is 1.87. The molecular formula is C10H16N2O5. The molecule has 17 heavy (non-hydrogen) atoms. The van der Waals surface area contributed by atoms with Crippen molar-refractivity contribution >= 4 is 12.1 Å². The smallest absolute Gasteiger partial charge is 0.440 e. The Morgan fingerprint density at radius 3 is 2.59 bits per heavy atom. The van der Waals surface area contributed by atoms with E-state index in [2.05, 4.69) is 21.5 Å². The van der Waals surface area contributed by atoms with Gasteiger partial charge in [0, 0.05) is 0 Å². The van der Waals surface area contributed by atoms with Gasteiger partial charge >= 0.3 is 12.1 Å². The number of hydrogen-bond donors (Lipinski definition) is 2. The van der Waals surface area contributed by atoms with Crippen LogP contribution < -0.4 is 10.8 Å². The number of hydroxylamine groups is 1. The zero-order valence-electron chi connectivity index (χ0n) is 9.65. The van der Waals surface area contributed by atoms with Crippen molar-refractivity contribution in [3.8, 4) is 0 Å². The van der Waals surface area contributed by atoms with Crippen molar-refractivity contribution in [2.45, 2.75) is 18.9 Å². The first kappa shape index (κ1) is 13.3. The largest absolute Gasteiger partial charge is 0.490 e. The van der Waals surface area contributed by atoms with Crippen molar-refractivity contribution in [2.24, 2.45) is 0 Å². The Morgan fingerprint density at radius 2 is 2.00 bits per heavy atom. The number of ether oxygens (including phenoxy) is 2. The fourth-order valence-corrected chi connectivity index (χ4v) is 1.32. The summed E-state index contributed by atoms with van der Waals surface area (Å²) in [5, 5.41) is 3.14. The van der Waals surface area contributed by atoms with Crippen LogP contribution in [0.25, 0.3) is 0 Å². The topological polar surface area (TPSA) is 85.9 Å². The van der Waals surface area contributed by atoms with Crippen molar-refractivity contribution in [2.75, 3.05) is 20.2 Å². The second-order valence-corrected chi connectivity index (χ2v) is 3.47. The minimum Gasteiger partial charge on any atom is -0.490 e. The maximum absolute atomic E-state index is 11.2. The van der Waals surface area contributed by atoms with Gasteiger partial charge in [0.25, 0.3) is 0 Å². The van der Waals surface area contributed by atoms with Crippen LogP contribution in [0.4, 0.5) is 4.79 Å². The number of carbonyl (C=O) groups is 2. The Hall–Kier alpha value is -1.76. The van der Waals surface area contributed by atoms with Gasteiger partial charge in [0.05, 0.1) is 7.11 Å². The fraction of sp³-hybridized carbons (Fsp3) is 0.600. The predicted octanol–water partition coefficient (Wildman–Crippen LogP) is 0.0829. The maximum atomic E-state index is 11.2. The van der Waals surface area contributed by atoms with Crippen molar-refractivity contribution < 1.29 is 23.9 Å². The van der Waals surface area contributed by atoms with Gasteiger partial charge in [-0.1, -0.05) is 0 Å². The summed E-state index contributed by atoms with van der Waals surface area (Å²) in [5.74, 6) is -1.07. The molecule has 0 aliphatic carbocycles. The number of amides is 1. The SMILES string of the molecule is C=C(OC)C(=O)ONC(=O)OC1CCNCC1. The average Bonchev–Trinajstić information content (AvgIpc) is 2.36. The third kappa shape index (κ3) is 4.73. The van der Waals surface area contributed by atoms with Crippen molar-refractivity contribution in [1.82, 2.24) is 10.8 Å². The van der Waals surface area contributed by atoms with Crippen molar-refractivity contribution in [3.05, 3.63) is 12.3 Å². The Balaban J connectivity index is 2.20. The van der Waals surface area contributed by atoms with Crippen LogP contribution in [0.2, 0.25) is 0 Å². The Morgan fingerprint density at radius 1 is 1.35 bits per heavy atom. The van der Waals surface area contributed by atoms with Crippen LogP contribution in [0.1, 0.15) is 12.8 Å². The Kier molecular flexibility index (Phi) is 5.28.